The molecule has 0 saturated carbocycles. The quantitative estimate of drug-likeness (QED) is 0.799. The molecule has 3 aliphatic rings. The van der Waals surface area contributed by atoms with E-state index in [2.05, 4.69) is 22.4 Å². The molecule has 146 valence electrons. The van der Waals surface area contributed by atoms with E-state index in [9.17, 15) is 9.59 Å². The summed E-state index contributed by atoms with van der Waals surface area (Å²) in [4.78, 5) is 30.0. The number of hydrogen-bond donors (Lipinski definition) is 1. The lowest BCUT2D eigenvalue weighted by Gasteiger charge is -2.25. The van der Waals surface area contributed by atoms with Gasteiger partial charge >= 0.3 is 0 Å². The van der Waals surface area contributed by atoms with Crippen molar-refractivity contribution in [2.24, 2.45) is 0 Å². The average molecular weight is 398 g/mol. The third-order valence-corrected chi connectivity index (χ3v) is 6.96. The van der Waals surface area contributed by atoms with E-state index in [1.165, 1.54) is 11.1 Å². The molecule has 3 heterocycles. The van der Waals surface area contributed by atoms with Gasteiger partial charge in [0.05, 0.1) is 24.4 Å². The van der Waals surface area contributed by atoms with Crippen molar-refractivity contribution in [3.05, 3.63) is 57.0 Å². The summed E-state index contributed by atoms with van der Waals surface area (Å²) in [5, 5.41) is 3.78. The summed E-state index contributed by atoms with van der Waals surface area (Å²) in [6, 6.07) is 8.16. The van der Waals surface area contributed by atoms with Crippen LogP contribution in [0.15, 0.2) is 34.2 Å². The Morgan fingerprint density at radius 3 is 3.04 bits per heavy atom. The Hall–Kier alpha value is -2.12. The first-order chi connectivity index (χ1) is 13.7. The fourth-order valence-electron chi connectivity index (χ4n) is 4.36. The number of thioether (sulfide) groups is 1. The molecule has 0 saturated heterocycles. The molecular weight excluding hydrogens is 374 g/mol. The maximum atomic E-state index is 12.8. The molecule has 0 fully saturated rings. The minimum absolute atomic E-state index is 0.00301. The number of fused-ring (bicyclic) bond motifs is 3. The second-order valence-corrected chi connectivity index (χ2v) is 8.71. The number of rotatable bonds is 4. The molecule has 2 atom stereocenters. The predicted molar refractivity (Wildman–Crippen MR) is 107 cm³/mol. The number of carbonyl (C=O) groups is 1. The van der Waals surface area contributed by atoms with Gasteiger partial charge in [-0.25, -0.2) is 4.98 Å². The molecular formula is C21H23N3O3S. The molecule has 5 rings (SSSR count). The number of benzene rings is 1. The maximum Gasteiger partial charge on any atom is 0.257 e. The highest BCUT2D eigenvalue weighted by molar-refractivity contribution is 7.99. The van der Waals surface area contributed by atoms with Crippen LogP contribution < -0.4 is 10.9 Å². The van der Waals surface area contributed by atoms with Gasteiger partial charge in [-0.2, -0.15) is 0 Å². The largest absolute Gasteiger partial charge is 0.371 e. The molecule has 0 bridgehead atoms. The van der Waals surface area contributed by atoms with Gasteiger partial charge in [0.25, 0.3) is 5.56 Å². The summed E-state index contributed by atoms with van der Waals surface area (Å²) in [7, 11) is 0. The molecule has 1 N–H and O–H groups in total. The molecule has 0 spiro atoms. The molecule has 6 nitrogen and oxygen atoms in total. The molecule has 1 aromatic carbocycles. The number of hydrogen-bond acceptors (Lipinski definition) is 5. The van der Waals surface area contributed by atoms with Crippen molar-refractivity contribution in [1.29, 1.82) is 0 Å². The number of nitrogens with zero attached hydrogens (tertiary/aromatic N) is 2. The lowest BCUT2D eigenvalue weighted by Crippen LogP contribution is -2.38. The van der Waals surface area contributed by atoms with Gasteiger partial charge in [-0.1, -0.05) is 36.0 Å². The fourth-order valence-corrected chi connectivity index (χ4v) is 5.51. The summed E-state index contributed by atoms with van der Waals surface area (Å²) in [5.41, 5.74) is 4.40. The summed E-state index contributed by atoms with van der Waals surface area (Å²) >= 11 is 1.58. The molecule has 2 unspecified atom stereocenters. The lowest BCUT2D eigenvalue weighted by atomic mass is 9.99. The number of amides is 1. The fraction of sp³-hybridized carbons (Fsp3) is 0.476. The van der Waals surface area contributed by atoms with Crippen LogP contribution in [0.4, 0.5) is 0 Å². The average Bonchev–Trinajstić information content (AvgIpc) is 3.34. The van der Waals surface area contributed by atoms with Gasteiger partial charge in [-0.3, -0.25) is 14.2 Å². The summed E-state index contributed by atoms with van der Waals surface area (Å²) in [6.45, 7) is 1.09. The van der Waals surface area contributed by atoms with E-state index in [1.54, 1.807) is 16.3 Å². The van der Waals surface area contributed by atoms with Crippen LogP contribution in [0.25, 0.3) is 0 Å². The van der Waals surface area contributed by atoms with Crippen LogP contribution in [0.5, 0.6) is 0 Å². The Morgan fingerprint density at radius 1 is 1.29 bits per heavy atom. The van der Waals surface area contributed by atoms with Crippen LogP contribution in [0.2, 0.25) is 0 Å². The first-order valence-electron chi connectivity index (χ1n) is 9.91. The van der Waals surface area contributed by atoms with Gasteiger partial charge in [0.2, 0.25) is 5.91 Å². The number of aryl methyl sites for hydroxylation is 1. The van der Waals surface area contributed by atoms with Crippen LogP contribution in [0.3, 0.4) is 0 Å². The highest BCUT2D eigenvalue weighted by atomic mass is 32.2. The number of aromatic nitrogens is 2. The van der Waals surface area contributed by atoms with Crippen molar-refractivity contribution in [3.8, 4) is 0 Å². The smallest absolute Gasteiger partial charge is 0.257 e. The second-order valence-electron chi connectivity index (χ2n) is 7.73. The van der Waals surface area contributed by atoms with Crippen molar-refractivity contribution in [1.82, 2.24) is 14.9 Å². The summed E-state index contributed by atoms with van der Waals surface area (Å²) in [6.07, 6.45) is 3.83. The first-order valence-corrected chi connectivity index (χ1v) is 10.9. The normalized spacial score (nSPS) is 22.4. The van der Waals surface area contributed by atoms with Crippen LogP contribution in [0.1, 0.15) is 41.3 Å². The van der Waals surface area contributed by atoms with E-state index in [1.807, 2.05) is 12.1 Å². The highest BCUT2D eigenvalue weighted by Crippen LogP contribution is 2.33. The van der Waals surface area contributed by atoms with Gasteiger partial charge in [-0.15, -0.1) is 0 Å². The number of nitrogens with one attached hydrogen (secondary N) is 1. The Balaban J connectivity index is 1.21. The zero-order chi connectivity index (χ0) is 19.1. The van der Waals surface area contributed by atoms with Gasteiger partial charge in [0.1, 0.15) is 0 Å². The zero-order valence-corrected chi connectivity index (χ0v) is 16.5. The molecule has 0 radical (unpaired) electrons. The first kappa shape index (κ1) is 17.9. The Kier molecular flexibility index (Phi) is 4.72. The lowest BCUT2D eigenvalue weighted by molar-refractivity contribution is -0.122. The molecule has 2 aliphatic heterocycles. The molecule has 1 aromatic heterocycles. The molecule has 28 heavy (non-hydrogen) atoms. The predicted octanol–water partition coefficient (Wildman–Crippen LogP) is 2.03. The number of carbonyl (C=O) groups excluding carboxylic acids is 1. The standard InChI is InChI=1S/C21H23N3O3S/c25-19(22-10-16-8-13-4-1-2-5-14(13)11-27-16)9-15-12-28-21-23-18-7-3-6-17(18)20(26)24(15)21/h1-2,4-5,15-16H,3,6-12H2,(H,22,25). The van der Waals surface area contributed by atoms with Crippen molar-refractivity contribution < 1.29 is 9.53 Å². The Bertz CT molecular complexity index is 987. The monoisotopic (exact) mass is 397 g/mol. The van der Waals surface area contributed by atoms with Crippen LogP contribution >= 0.6 is 11.8 Å². The molecule has 1 amide bonds. The molecule has 1 aliphatic carbocycles. The van der Waals surface area contributed by atoms with E-state index in [-0.39, 0.29) is 23.6 Å². The summed E-state index contributed by atoms with van der Waals surface area (Å²) < 4.78 is 7.62. The van der Waals surface area contributed by atoms with Crippen molar-refractivity contribution in [2.75, 3.05) is 12.3 Å². The van der Waals surface area contributed by atoms with Crippen molar-refractivity contribution in [2.45, 2.75) is 56.0 Å². The minimum Gasteiger partial charge on any atom is -0.371 e. The van der Waals surface area contributed by atoms with Crippen molar-refractivity contribution in [3.63, 3.8) is 0 Å². The zero-order valence-electron chi connectivity index (χ0n) is 15.6. The van der Waals surface area contributed by atoms with Gasteiger partial charge in [0.15, 0.2) is 5.16 Å². The number of ether oxygens (including phenoxy) is 1. The van der Waals surface area contributed by atoms with Gasteiger partial charge in [-0.05, 0) is 30.4 Å². The van der Waals surface area contributed by atoms with Crippen molar-refractivity contribution >= 4 is 17.7 Å². The third-order valence-electron chi connectivity index (χ3n) is 5.86. The summed E-state index contributed by atoms with van der Waals surface area (Å²) in [5.74, 6) is 0.694. The van der Waals surface area contributed by atoms with Gasteiger partial charge < -0.3 is 10.1 Å². The third kappa shape index (κ3) is 3.26. The SMILES string of the molecule is O=C(CC1CSc2nc3c(c(=O)n21)CCC3)NCC1Cc2ccccc2CO1. The minimum atomic E-state index is -0.112. The van der Waals surface area contributed by atoms with Crippen LogP contribution in [0, 0.1) is 0 Å². The molecule has 2 aromatic rings. The second kappa shape index (κ2) is 7.37. The van der Waals surface area contributed by atoms with E-state index in [4.69, 9.17) is 4.74 Å². The van der Waals surface area contributed by atoms with E-state index < -0.39 is 0 Å². The molecule has 7 heteroatoms. The Morgan fingerprint density at radius 2 is 2.14 bits per heavy atom. The topological polar surface area (TPSA) is 73.2 Å². The van der Waals surface area contributed by atoms with Crippen LogP contribution in [-0.2, 0) is 35.4 Å². The Labute approximate surface area is 167 Å². The highest BCUT2D eigenvalue weighted by Gasteiger charge is 2.31. The van der Waals surface area contributed by atoms with Gasteiger partial charge in [0, 0.05) is 30.7 Å². The van der Waals surface area contributed by atoms with E-state index >= 15 is 0 Å². The van der Waals surface area contributed by atoms with Crippen LogP contribution in [-0.4, -0.2) is 33.9 Å². The van der Waals surface area contributed by atoms with E-state index in [0.717, 1.165) is 47.8 Å². The van der Waals surface area contributed by atoms with E-state index in [0.29, 0.717) is 19.6 Å². The maximum absolute atomic E-state index is 12.8.